The first kappa shape index (κ1) is 20.5. The molecule has 0 bridgehead atoms. The molecule has 4 heteroatoms. The van der Waals surface area contributed by atoms with Crippen molar-refractivity contribution in [2.24, 2.45) is 0 Å². The maximum atomic E-state index is 6.40. The van der Waals surface area contributed by atoms with Crippen LogP contribution >= 0.6 is 11.6 Å². The minimum absolute atomic E-state index is 0.719. The number of hydrogen-bond donors (Lipinski definition) is 0. The van der Waals surface area contributed by atoms with Gasteiger partial charge in [-0.1, -0.05) is 54.1 Å². The van der Waals surface area contributed by atoms with E-state index in [4.69, 9.17) is 21.3 Å². The van der Waals surface area contributed by atoms with Crippen molar-refractivity contribution >= 4 is 22.6 Å². The van der Waals surface area contributed by atoms with Gasteiger partial charge in [0, 0.05) is 18.0 Å². The smallest absolute Gasteiger partial charge is 0.122 e. The highest BCUT2D eigenvalue weighted by atomic mass is 35.5. The van der Waals surface area contributed by atoms with Gasteiger partial charge in [0.05, 0.1) is 17.6 Å². The largest absolute Gasteiger partial charge is 0.493 e. The molecule has 0 aliphatic heterocycles. The van der Waals surface area contributed by atoms with Crippen LogP contribution in [0.2, 0.25) is 5.02 Å². The molecule has 0 aliphatic carbocycles. The summed E-state index contributed by atoms with van der Waals surface area (Å²) >= 11 is 6.40. The van der Waals surface area contributed by atoms with Crippen molar-refractivity contribution in [3.8, 4) is 5.75 Å². The second-order valence-electron chi connectivity index (χ2n) is 7.69. The average Bonchev–Trinajstić information content (AvgIpc) is 3.09. The number of para-hydroxylation sites is 2. The fourth-order valence-electron chi connectivity index (χ4n) is 3.76. The van der Waals surface area contributed by atoms with Crippen LogP contribution in [0.3, 0.4) is 0 Å². The Morgan fingerprint density at radius 1 is 0.900 bits per heavy atom. The molecule has 0 amide bonds. The Balaban J connectivity index is 1.44. The van der Waals surface area contributed by atoms with Gasteiger partial charge in [0.1, 0.15) is 11.6 Å². The van der Waals surface area contributed by atoms with Crippen molar-refractivity contribution in [1.82, 2.24) is 9.55 Å². The number of hydrogen-bond acceptors (Lipinski definition) is 2. The van der Waals surface area contributed by atoms with Crippen LogP contribution in [-0.4, -0.2) is 16.2 Å². The third-order valence-corrected chi connectivity index (χ3v) is 6.00. The highest BCUT2D eigenvalue weighted by Gasteiger charge is 2.12. The summed E-state index contributed by atoms with van der Waals surface area (Å²) in [5, 5.41) is 0.790. The van der Waals surface area contributed by atoms with Gasteiger partial charge in [0.15, 0.2) is 0 Å². The molecule has 1 aromatic heterocycles. The maximum Gasteiger partial charge on any atom is 0.122 e. The number of benzene rings is 3. The van der Waals surface area contributed by atoms with E-state index in [0.717, 1.165) is 60.1 Å². The van der Waals surface area contributed by atoms with Crippen molar-refractivity contribution in [3.05, 3.63) is 94.3 Å². The molecule has 30 heavy (non-hydrogen) atoms. The fourth-order valence-corrected chi connectivity index (χ4v) is 3.96. The topological polar surface area (TPSA) is 27.1 Å². The predicted molar refractivity (Wildman–Crippen MR) is 125 cm³/mol. The first-order valence-corrected chi connectivity index (χ1v) is 10.9. The van der Waals surface area contributed by atoms with Crippen molar-refractivity contribution < 1.29 is 4.74 Å². The number of aromatic nitrogens is 2. The molecule has 0 aliphatic rings. The minimum atomic E-state index is 0.719. The van der Waals surface area contributed by atoms with Crippen LogP contribution < -0.4 is 4.74 Å². The molecular weight excluding hydrogens is 392 g/mol. The Morgan fingerprint density at radius 2 is 1.70 bits per heavy atom. The third kappa shape index (κ3) is 4.52. The van der Waals surface area contributed by atoms with Crippen LogP contribution in [0.5, 0.6) is 5.75 Å². The summed E-state index contributed by atoms with van der Waals surface area (Å²) in [4.78, 5) is 4.89. The van der Waals surface area contributed by atoms with Gasteiger partial charge in [-0.2, -0.15) is 0 Å². The van der Waals surface area contributed by atoms with Gasteiger partial charge < -0.3 is 9.30 Å². The lowest BCUT2D eigenvalue weighted by Crippen LogP contribution is -2.07. The number of ether oxygens (including phenoxy) is 1. The molecule has 4 rings (SSSR count). The summed E-state index contributed by atoms with van der Waals surface area (Å²) in [7, 11) is 0. The zero-order valence-electron chi connectivity index (χ0n) is 17.6. The SMILES string of the molecule is Cc1cccc(OCCCCn2c(Cc3ccccc3Cl)nc3ccccc32)c1C. The summed E-state index contributed by atoms with van der Waals surface area (Å²) in [5.74, 6) is 2.04. The number of aryl methyl sites for hydroxylation is 2. The maximum absolute atomic E-state index is 6.40. The number of rotatable bonds is 8. The zero-order chi connectivity index (χ0) is 20.9. The second kappa shape index (κ2) is 9.36. The molecule has 3 aromatic carbocycles. The summed E-state index contributed by atoms with van der Waals surface area (Å²) < 4.78 is 8.35. The van der Waals surface area contributed by atoms with E-state index in [1.54, 1.807) is 0 Å². The Kier molecular flexibility index (Phi) is 6.39. The monoisotopic (exact) mass is 418 g/mol. The van der Waals surface area contributed by atoms with E-state index < -0.39 is 0 Å². The molecule has 0 N–H and O–H groups in total. The molecule has 1 heterocycles. The number of fused-ring (bicyclic) bond motifs is 1. The van der Waals surface area contributed by atoms with Crippen LogP contribution in [0.15, 0.2) is 66.7 Å². The molecule has 0 fully saturated rings. The van der Waals surface area contributed by atoms with E-state index in [9.17, 15) is 0 Å². The number of nitrogens with zero attached hydrogens (tertiary/aromatic N) is 2. The van der Waals surface area contributed by atoms with E-state index in [-0.39, 0.29) is 0 Å². The van der Waals surface area contributed by atoms with Crippen LogP contribution in [0.4, 0.5) is 0 Å². The Morgan fingerprint density at radius 3 is 2.57 bits per heavy atom. The second-order valence-corrected chi connectivity index (χ2v) is 8.10. The van der Waals surface area contributed by atoms with Crippen LogP contribution in [0.1, 0.15) is 35.4 Å². The van der Waals surface area contributed by atoms with Crippen LogP contribution in [-0.2, 0) is 13.0 Å². The zero-order valence-corrected chi connectivity index (χ0v) is 18.3. The fraction of sp³-hybridized carbons (Fsp3) is 0.269. The van der Waals surface area contributed by atoms with E-state index in [2.05, 4.69) is 54.8 Å². The summed E-state index contributed by atoms with van der Waals surface area (Å²) in [5.41, 5.74) is 5.80. The average molecular weight is 419 g/mol. The first-order chi connectivity index (χ1) is 14.6. The van der Waals surface area contributed by atoms with E-state index >= 15 is 0 Å². The molecule has 0 radical (unpaired) electrons. The minimum Gasteiger partial charge on any atom is -0.493 e. The molecule has 4 aromatic rings. The Bertz CT molecular complexity index is 1150. The molecule has 0 unspecified atom stereocenters. The van der Waals surface area contributed by atoms with E-state index in [0.29, 0.717) is 0 Å². The lowest BCUT2D eigenvalue weighted by molar-refractivity contribution is 0.301. The highest BCUT2D eigenvalue weighted by molar-refractivity contribution is 6.31. The number of halogens is 1. The van der Waals surface area contributed by atoms with E-state index in [1.165, 1.54) is 16.6 Å². The summed E-state index contributed by atoms with van der Waals surface area (Å²) in [6, 6.07) is 22.6. The standard InChI is InChI=1S/C26H27ClN2O/c1-19-10-9-15-25(20(19)2)30-17-8-7-16-29-24-14-6-5-13-23(24)28-26(29)18-21-11-3-4-12-22(21)27/h3-6,9-15H,7-8,16-18H2,1-2H3. The van der Waals surface area contributed by atoms with Gasteiger partial charge in [-0.25, -0.2) is 4.98 Å². The Labute approximate surface area is 183 Å². The van der Waals surface area contributed by atoms with Crippen LogP contribution in [0.25, 0.3) is 11.0 Å². The normalized spacial score (nSPS) is 11.2. The van der Waals surface area contributed by atoms with Crippen LogP contribution in [0, 0.1) is 13.8 Å². The molecule has 0 atom stereocenters. The first-order valence-electron chi connectivity index (χ1n) is 10.5. The Hall–Kier alpha value is -2.78. The van der Waals surface area contributed by atoms with Gasteiger partial charge in [0.25, 0.3) is 0 Å². The van der Waals surface area contributed by atoms with Gasteiger partial charge >= 0.3 is 0 Å². The number of unbranched alkanes of at least 4 members (excludes halogenated alkanes) is 1. The highest BCUT2D eigenvalue weighted by Crippen LogP contribution is 2.24. The van der Waals surface area contributed by atoms with Crippen molar-refractivity contribution in [2.75, 3.05) is 6.61 Å². The van der Waals surface area contributed by atoms with Gasteiger partial charge in [-0.3, -0.25) is 0 Å². The van der Waals surface area contributed by atoms with Gasteiger partial charge in [-0.05, 0) is 67.6 Å². The number of imidazole rings is 1. The quantitative estimate of drug-likeness (QED) is 0.296. The molecule has 154 valence electrons. The van der Waals surface area contributed by atoms with Crippen molar-refractivity contribution in [3.63, 3.8) is 0 Å². The third-order valence-electron chi connectivity index (χ3n) is 5.63. The molecule has 0 spiro atoms. The van der Waals surface area contributed by atoms with Crippen molar-refractivity contribution in [2.45, 2.75) is 39.7 Å². The lowest BCUT2D eigenvalue weighted by atomic mass is 10.1. The predicted octanol–water partition coefficient (Wildman–Crippen LogP) is 6.76. The summed E-state index contributed by atoms with van der Waals surface area (Å²) in [6.45, 7) is 5.86. The van der Waals surface area contributed by atoms with Gasteiger partial charge in [-0.15, -0.1) is 0 Å². The molecule has 3 nitrogen and oxygen atoms in total. The van der Waals surface area contributed by atoms with E-state index in [1.807, 2.05) is 30.3 Å². The molecular formula is C26H27ClN2O. The summed E-state index contributed by atoms with van der Waals surface area (Å²) in [6.07, 6.45) is 2.75. The molecule has 0 saturated carbocycles. The molecule has 0 saturated heterocycles. The van der Waals surface area contributed by atoms with Gasteiger partial charge in [0.2, 0.25) is 0 Å². The lowest BCUT2D eigenvalue weighted by Gasteiger charge is -2.12. The van der Waals surface area contributed by atoms with Crippen molar-refractivity contribution in [1.29, 1.82) is 0 Å².